The molecule has 0 aliphatic carbocycles. The lowest BCUT2D eigenvalue weighted by Gasteiger charge is -2.25. The van der Waals surface area contributed by atoms with Crippen molar-refractivity contribution in [2.45, 2.75) is 39.3 Å². The van der Waals surface area contributed by atoms with E-state index in [4.69, 9.17) is 21.1 Å². The summed E-state index contributed by atoms with van der Waals surface area (Å²) in [6, 6.07) is 18.7. The van der Waals surface area contributed by atoms with Crippen molar-refractivity contribution in [3.8, 4) is 5.75 Å². The lowest BCUT2D eigenvalue weighted by atomic mass is 10.0. The van der Waals surface area contributed by atoms with Crippen LogP contribution in [0.15, 0.2) is 72.8 Å². The number of carbonyl (C=O) groups is 3. The summed E-state index contributed by atoms with van der Waals surface area (Å²) in [5, 5.41) is 5.88. The number of hydrogen-bond donors (Lipinski definition) is 2. The third-order valence-corrected chi connectivity index (χ3v) is 6.32. The van der Waals surface area contributed by atoms with Crippen molar-refractivity contribution in [2.75, 3.05) is 25.6 Å². The molecule has 3 aromatic rings. The van der Waals surface area contributed by atoms with Gasteiger partial charge in [0.1, 0.15) is 24.4 Å². The number of methoxy groups -OCH3 is 1. The highest BCUT2D eigenvalue weighted by molar-refractivity contribution is 6.33. The molecule has 4 rings (SSSR count). The predicted molar refractivity (Wildman–Crippen MR) is 152 cm³/mol. The lowest BCUT2D eigenvalue weighted by Crippen LogP contribution is -2.49. The number of imide groups is 1. The largest absolute Gasteiger partial charge is 0.491 e. The highest BCUT2D eigenvalue weighted by atomic mass is 35.5. The van der Waals surface area contributed by atoms with E-state index >= 15 is 0 Å². The number of ether oxygens (including phenoxy) is 2. The van der Waals surface area contributed by atoms with E-state index < -0.39 is 29.9 Å². The van der Waals surface area contributed by atoms with Gasteiger partial charge in [0.25, 0.3) is 5.91 Å². The summed E-state index contributed by atoms with van der Waals surface area (Å²) in [7, 11) is 1.59. The van der Waals surface area contributed by atoms with Gasteiger partial charge in [-0.3, -0.25) is 9.59 Å². The number of hydrogen-bond acceptors (Lipinski definition) is 5. The minimum absolute atomic E-state index is 0.147. The standard InChI is InChI=1S/C28H28ClN3O5.C2H6/c1-18-8-13-23(22(29)16-18)30-26(33)24(17-19-6-4-3-5-7-19)32-27(34)25(31-28(32)35)20-9-11-21(12-10-20)37-15-14-36-2;1-2/h3-13,16,24-25H,14-15,17H2,1-2H3,(H,30,33)(H,31,35);1-2H3/t24?,25-;/m1./s1. The summed E-state index contributed by atoms with van der Waals surface area (Å²) in [4.78, 5) is 41.0. The molecule has 1 heterocycles. The van der Waals surface area contributed by atoms with Crippen LogP contribution in [0.2, 0.25) is 5.02 Å². The monoisotopic (exact) mass is 551 g/mol. The maximum atomic E-state index is 13.5. The van der Waals surface area contributed by atoms with Crippen molar-refractivity contribution in [3.63, 3.8) is 0 Å². The van der Waals surface area contributed by atoms with Gasteiger partial charge in [0.15, 0.2) is 0 Å². The third-order valence-electron chi connectivity index (χ3n) is 6.01. The first kappa shape index (κ1) is 29.7. The van der Waals surface area contributed by atoms with E-state index in [1.165, 1.54) is 0 Å². The van der Waals surface area contributed by atoms with Gasteiger partial charge in [0.2, 0.25) is 5.91 Å². The second-order valence-corrected chi connectivity index (χ2v) is 9.09. The molecular weight excluding hydrogens is 518 g/mol. The summed E-state index contributed by atoms with van der Waals surface area (Å²) in [5.41, 5.74) is 2.73. The number of nitrogens with one attached hydrogen (secondary N) is 2. The lowest BCUT2D eigenvalue weighted by molar-refractivity contribution is -0.134. The van der Waals surface area contributed by atoms with Crippen LogP contribution >= 0.6 is 11.6 Å². The molecule has 39 heavy (non-hydrogen) atoms. The van der Waals surface area contributed by atoms with E-state index in [0.717, 1.165) is 16.0 Å². The quantitative estimate of drug-likeness (QED) is 0.255. The second kappa shape index (κ2) is 14.3. The number of aryl methyl sites for hydroxylation is 1. The first-order valence-electron chi connectivity index (χ1n) is 12.8. The minimum atomic E-state index is -1.09. The zero-order chi connectivity index (χ0) is 28.4. The molecule has 2 N–H and O–H groups in total. The molecule has 4 amide bonds. The molecule has 1 aliphatic rings. The SMILES string of the molecule is CC.COCCOc1ccc([C@H]2NC(=O)N(C(Cc3ccccc3)C(=O)Nc3ccc(C)cc3Cl)C2=O)cc1. The van der Waals surface area contributed by atoms with Crippen molar-refractivity contribution >= 4 is 35.1 Å². The molecule has 0 radical (unpaired) electrons. The Morgan fingerprint density at radius 2 is 1.72 bits per heavy atom. The van der Waals surface area contributed by atoms with E-state index in [1.807, 2.05) is 57.2 Å². The summed E-state index contributed by atoms with van der Waals surface area (Å²) in [5.74, 6) is -0.407. The molecule has 1 unspecified atom stereocenters. The molecule has 0 saturated carbocycles. The van der Waals surface area contributed by atoms with E-state index in [9.17, 15) is 14.4 Å². The number of halogens is 1. The van der Waals surface area contributed by atoms with E-state index in [2.05, 4.69) is 10.6 Å². The zero-order valence-corrected chi connectivity index (χ0v) is 23.3. The molecule has 0 bridgehead atoms. The Labute approximate surface area is 234 Å². The van der Waals surface area contributed by atoms with E-state index in [0.29, 0.717) is 35.2 Å². The van der Waals surface area contributed by atoms with E-state index in [1.54, 1.807) is 43.5 Å². The van der Waals surface area contributed by atoms with Crippen LogP contribution < -0.4 is 15.4 Å². The topological polar surface area (TPSA) is 97.0 Å². The minimum Gasteiger partial charge on any atom is -0.491 e. The first-order valence-corrected chi connectivity index (χ1v) is 13.2. The fourth-order valence-electron chi connectivity index (χ4n) is 4.09. The summed E-state index contributed by atoms with van der Waals surface area (Å²) < 4.78 is 10.5. The van der Waals surface area contributed by atoms with Gasteiger partial charge in [0, 0.05) is 13.5 Å². The first-order chi connectivity index (χ1) is 18.9. The van der Waals surface area contributed by atoms with Crippen molar-refractivity contribution in [3.05, 3.63) is 94.5 Å². The predicted octanol–water partition coefficient (Wildman–Crippen LogP) is 5.54. The molecule has 8 nitrogen and oxygen atoms in total. The number of benzene rings is 3. The van der Waals surface area contributed by atoms with Crippen molar-refractivity contribution in [2.24, 2.45) is 0 Å². The van der Waals surface area contributed by atoms with Crippen LogP contribution in [-0.2, 0) is 20.7 Å². The Kier molecular flexibility index (Phi) is 10.9. The van der Waals surface area contributed by atoms with Gasteiger partial charge in [0.05, 0.1) is 17.3 Å². The molecule has 1 saturated heterocycles. The second-order valence-electron chi connectivity index (χ2n) is 8.68. The molecular formula is C30H34ClN3O5. The van der Waals surface area contributed by atoms with Gasteiger partial charge in [-0.1, -0.05) is 74.0 Å². The molecule has 1 aliphatic heterocycles. The van der Waals surface area contributed by atoms with Crippen LogP contribution in [0.5, 0.6) is 5.75 Å². The van der Waals surface area contributed by atoms with Gasteiger partial charge in [-0.2, -0.15) is 0 Å². The normalized spacial score (nSPS) is 15.2. The van der Waals surface area contributed by atoms with Crippen LogP contribution in [0, 0.1) is 6.92 Å². The third kappa shape index (κ3) is 7.59. The fourth-order valence-corrected chi connectivity index (χ4v) is 4.37. The van der Waals surface area contributed by atoms with Crippen LogP contribution in [0.1, 0.15) is 36.6 Å². The van der Waals surface area contributed by atoms with Crippen LogP contribution in [0.3, 0.4) is 0 Å². The smallest absolute Gasteiger partial charge is 0.325 e. The van der Waals surface area contributed by atoms with Gasteiger partial charge in [-0.25, -0.2) is 9.69 Å². The van der Waals surface area contributed by atoms with E-state index in [-0.39, 0.29) is 6.42 Å². The van der Waals surface area contributed by atoms with Crippen LogP contribution in [0.4, 0.5) is 10.5 Å². The Bertz CT molecular complexity index is 1270. The van der Waals surface area contributed by atoms with Gasteiger partial charge >= 0.3 is 6.03 Å². The number of amides is 4. The number of urea groups is 1. The van der Waals surface area contributed by atoms with Gasteiger partial charge < -0.3 is 20.1 Å². The molecule has 3 aromatic carbocycles. The zero-order valence-electron chi connectivity index (χ0n) is 22.6. The summed E-state index contributed by atoms with van der Waals surface area (Å²) in [6.07, 6.45) is 0.147. The summed E-state index contributed by atoms with van der Waals surface area (Å²) >= 11 is 6.32. The van der Waals surface area contributed by atoms with Crippen molar-refractivity contribution < 1.29 is 23.9 Å². The average molecular weight is 552 g/mol. The Morgan fingerprint density at radius 1 is 1.03 bits per heavy atom. The van der Waals surface area contributed by atoms with Gasteiger partial charge in [-0.15, -0.1) is 0 Å². The maximum absolute atomic E-state index is 13.5. The number of rotatable bonds is 10. The maximum Gasteiger partial charge on any atom is 0.325 e. The molecule has 1 fully saturated rings. The molecule has 0 spiro atoms. The highest BCUT2D eigenvalue weighted by Gasteiger charge is 2.45. The molecule has 0 aromatic heterocycles. The number of nitrogens with zero attached hydrogens (tertiary/aromatic N) is 1. The summed E-state index contributed by atoms with van der Waals surface area (Å²) in [6.45, 7) is 6.73. The van der Waals surface area contributed by atoms with Gasteiger partial charge in [-0.05, 0) is 47.9 Å². The number of carbonyl (C=O) groups excluding carboxylic acids is 3. The van der Waals surface area contributed by atoms with Crippen molar-refractivity contribution in [1.82, 2.24) is 10.2 Å². The average Bonchev–Trinajstić information content (AvgIpc) is 3.24. The fraction of sp³-hybridized carbons (Fsp3) is 0.300. The molecule has 9 heteroatoms. The molecule has 2 atom stereocenters. The molecule has 206 valence electrons. The Morgan fingerprint density at radius 3 is 2.36 bits per heavy atom. The van der Waals surface area contributed by atoms with Crippen LogP contribution in [0.25, 0.3) is 0 Å². The highest BCUT2D eigenvalue weighted by Crippen LogP contribution is 2.28. The number of anilines is 1. The van der Waals surface area contributed by atoms with Crippen molar-refractivity contribution in [1.29, 1.82) is 0 Å². The Balaban J connectivity index is 0.00000205. The van der Waals surface area contributed by atoms with Crippen LogP contribution in [-0.4, -0.2) is 49.1 Å². The Hall–Kier alpha value is -3.88.